The average Bonchev–Trinajstić information content (AvgIpc) is 3.21. The molecule has 1 heterocycles. The van der Waals surface area contributed by atoms with Gasteiger partial charge in [0.2, 0.25) is 6.34 Å². The van der Waals surface area contributed by atoms with Crippen molar-refractivity contribution in [2.24, 2.45) is 4.99 Å². The monoisotopic (exact) mass is 580 g/mol. The van der Waals surface area contributed by atoms with Gasteiger partial charge in [-0.3, -0.25) is 4.79 Å². The first-order valence-electron chi connectivity index (χ1n) is 11.8. The SMILES string of the molecule is C[C@H](CC1=C[N+](CC(Cl)(C(=O)c2ccc(Cl)cc2Cl)c2ccccc2)(C(=O)O)C=N1)NC(=O)OC(C)(C)C. The number of halogens is 3. The third kappa shape index (κ3) is 6.94. The first kappa shape index (κ1) is 29.6. The number of hydrogen-bond acceptors (Lipinski definition) is 5. The predicted octanol–water partition coefficient (Wildman–Crippen LogP) is 6.99. The van der Waals surface area contributed by atoms with Gasteiger partial charge in [-0.25, -0.2) is 9.79 Å². The molecule has 0 aliphatic carbocycles. The second-order valence-corrected chi connectivity index (χ2v) is 11.6. The van der Waals surface area contributed by atoms with E-state index in [2.05, 4.69) is 10.3 Å². The van der Waals surface area contributed by atoms with E-state index in [1.807, 2.05) is 0 Å². The molecule has 38 heavy (non-hydrogen) atoms. The zero-order valence-electron chi connectivity index (χ0n) is 21.4. The van der Waals surface area contributed by atoms with Gasteiger partial charge in [0, 0.05) is 23.0 Å². The van der Waals surface area contributed by atoms with E-state index in [9.17, 15) is 19.5 Å². The predicted molar refractivity (Wildman–Crippen MR) is 148 cm³/mol. The summed E-state index contributed by atoms with van der Waals surface area (Å²) in [6, 6.07) is 12.5. The molecule has 0 saturated carbocycles. The molecule has 0 aromatic heterocycles. The summed E-state index contributed by atoms with van der Waals surface area (Å²) >= 11 is 19.4. The lowest BCUT2D eigenvalue weighted by molar-refractivity contribution is -0.703. The van der Waals surface area contributed by atoms with E-state index in [1.165, 1.54) is 30.7 Å². The maximum Gasteiger partial charge on any atom is 0.524 e. The summed E-state index contributed by atoms with van der Waals surface area (Å²) in [6.07, 6.45) is 0.968. The largest absolute Gasteiger partial charge is 0.524 e. The van der Waals surface area contributed by atoms with Crippen LogP contribution in [0.3, 0.4) is 0 Å². The zero-order chi connectivity index (χ0) is 28.3. The van der Waals surface area contributed by atoms with E-state index in [-0.39, 0.29) is 17.0 Å². The number of nitrogens with zero attached hydrogens (tertiary/aromatic N) is 2. The Morgan fingerprint density at radius 2 is 1.76 bits per heavy atom. The fraction of sp³-hybridized carbons (Fsp3) is 0.333. The minimum absolute atomic E-state index is 0.0960. The number of amides is 2. The van der Waals surface area contributed by atoms with Crippen molar-refractivity contribution in [3.63, 3.8) is 0 Å². The van der Waals surface area contributed by atoms with Gasteiger partial charge in [-0.05, 0) is 51.5 Å². The van der Waals surface area contributed by atoms with Gasteiger partial charge in [0.25, 0.3) is 0 Å². The molecule has 0 fully saturated rings. The van der Waals surface area contributed by atoms with E-state index in [0.717, 1.165) is 0 Å². The summed E-state index contributed by atoms with van der Waals surface area (Å²) in [5.41, 5.74) is 0.241. The number of alkyl carbamates (subject to hydrolysis) is 1. The van der Waals surface area contributed by atoms with Gasteiger partial charge in [0.15, 0.2) is 10.7 Å². The third-order valence-electron chi connectivity index (χ3n) is 5.69. The van der Waals surface area contributed by atoms with E-state index < -0.39 is 45.5 Å². The Morgan fingerprint density at radius 1 is 1.11 bits per heavy atom. The Kier molecular flexibility index (Phi) is 8.93. The number of carbonyl (C=O) groups excluding carboxylic acids is 2. The smallest absolute Gasteiger partial charge is 0.444 e. The number of quaternary nitrogens is 1. The number of benzene rings is 2. The minimum atomic E-state index is -1.82. The highest BCUT2D eigenvalue weighted by Gasteiger charge is 2.52. The van der Waals surface area contributed by atoms with Crippen LogP contribution in [0, 0.1) is 0 Å². The maximum atomic E-state index is 13.9. The summed E-state index contributed by atoms with van der Waals surface area (Å²) < 4.78 is 4.43. The zero-order valence-corrected chi connectivity index (χ0v) is 23.6. The standard InChI is InChI=1S/C27H28Cl3N3O5/c1-17(32-24(35)38-26(2,3)4)12-20-14-33(16-31-20,25(36)37)15-27(30,18-8-6-5-7-9-18)23(34)21-11-10-19(28)13-22(21)29/h5-11,13-14,16-17H,12,15H2,1-4H3,(H-,32,35,36,37)/p+1/t17-,27?,33?/m1/s1. The van der Waals surface area contributed by atoms with Crippen molar-refractivity contribution in [1.82, 2.24) is 5.32 Å². The Bertz CT molecular complexity index is 1290. The van der Waals surface area contributed by atoms with Crippen LogP contribution < -0.4 is 5.32 Å². The molecule has 0 spiro atoms. The molecule has 0 radical (unpaired) electrons. The van der Waals surface area contributed by atoms with Crippen LogP contribution in [0.4, 0.5) is 9.59 Å². The van der Waals surface area contributed by atoms with Crippen molar-refractivity contribution < 1.29 is 28.7 Å². The molecule has 11 heteroatoms. The summed E-state index contributed by atoms with van der Waals surface area (Å²) in [5, 5.41) is 13.4. The van der Waals surface area contributed by atoms with Crippen LogP contribution >= 0.6 is 34.8 Å². The van der Waals surface area contributed by atoms with Crippen molar-refractivity contribution >= 4 is 59.1 Å². The second-order valence-electron chi connectivity index (χ2n) is 10.1. The molecule has 8 nitrogen and oxygen atoms in total. The van der Waals surface area contributed by atoms with Gasteiger partial charge >= 0.3 is 12.2 Å². The van der Waals surface area contributed by atoms with E-state index in [4.69, 9.17) is 39.5 Å². The minimum Gasteiger partial charge on any atom is -0.444 e. The van der Waals surface area contributed by atoms with Crippen molar-refractivity contribution in [2.45, 2.75) is 50.6 Å². The number of alkyl halides is 1. The Morgan fingerprint density at radius 3 is 2.34 bits per heavy atom. The van der Waals surface area contributed by atoms with Crippen LogP contribution in [0.25, 0.3) is 0 Å². The van der Waals surface area contributed by atoms with Gasteiger partial charge in [-0.15, -0.1) is 0 Å². The molecule has 202 valence electrons. The van der Waals surface area contributed by atoms with Crippen LogP contribution in [0.5, 0.6) is 0 Å². The maximum absolute atomic E-state index is 13.9. The molecular weight excluding hydrogens is 553 g/mol. The van der Waals surface area contributed by atoms with Crippen LogP contribution in [-0.2, 0) is 9.61 Å². The Hall–Kier alpha value is -2.91. The summed E-state index contributed by atoms with van der Waals surface area (Å²) in [5.74, 6) is -0.582. The van der Waals surface area contributed by atoms with Crippen molar-refractivity contribution in [2.75, 3.05) is 6.54 Å². The molecule has 3 rings (SSSR count). The van der Waals surface area contributed by atoms with Crippen LogP contribution in [0.2, 0.25) is 10.0 Å². The number of carbonyl (C=O) groups is 3. The van der Waals surface area contributed by atoms with E-state index >= 15 is 0 Å². The lowest BCUT2D eigenvalue weighted by Crippen LogP contribution is -2.54. The third-order valence-corrected chi connectivity index (χ3v) is 6.75. The van der Waals surface area contributed by atoms with Crippen molar-refractivity contribution in [1.29, 1.82) is 0 Å². The molecule has 2 aromatic rings. The number of carboxylic acid groups (broad SMARTS) is 1. The summed E-state index contributed by atoms with van der Waals surface area (Å²) in [6.45, 7) is 6.61. The lowest BCUT2D eigenvalue weighted by atomic mass is 9.88. The second kappa shape index (κ2) is 11.5. The summed E-state index contributed by atoms with van der Waals surface area (Å²) in [4.78, 5) is 41.0. The number of ketones is 1. The van der Waals surface area contributed by atoms with Crippen molar-refractivity contribution in [3.05, 3.63) is 81.6 Å². The fourth-order valence-corrected chi connectivity index (χ4v) is 4.91. The lowest BCUT2D eigenvalue weighted by Gasteiger charge is -2.32. The molecular formula is C27H29Cl3N3O5+. The summed E-state index contributed by atoms with van der Waals surface area (Å²) in [7, 11) is 0. The quantitative estimate of drug-likeness (QED) is 0.199. The van der Waals surface area contributed by atoms with Gasteiger partial charge in [-0.2, -0.15) is 9.28 Å². The highest BCUT2D eigenvalue weighted by atomic mass is 35.5. The molecule has 2 amide bonds. The van der Waals surface area contributed by atoms with Gasteiger partial charge < -0.3 is 15.2 Å². The van der Waals surface area contributed by atoms with Crippen LogP contribution in [-0.4, -0.2) is 52.1 Å². The number of aliphatic imine (C=N–C) groups is 1. The Labute approximate surface area is 236 Å². The normalized spacial score (nSPS) is 19.3. The number of ether oxygens (including phenoxy) is 1. The number of hydrogen-bond donors (Lipinski definition) is 2. The molecule has 0 saturated heterocycles. The van der Waals surface area contributed by atoms with E-state index in [0.29, 0.717) is 16.3 Å². The van der Waals surface area contributed by atoms with Gasteiger partial charge in [0.1, 0.15) is 24.0 Å². The van der Waals surface area contributed by atoms with Crippen LogP contribution in [0.1, 0.15) is 50.0 Å². The number of nitrogens with one attached hydrogen (secondary N) is 1. The van der Waals surface area contributed by atoms with E-state index in [1.54, 1.807) is 58.0 Å². The highest BCUT2D eigenvalue weighted by molar-refractivity contribution is 6.42. The molecule has 0 bridgehead atoms. The number of Topliss-reactive ketones (excluding diaryl/α,β-unsaturated/α-hetero) is 1. The average molecular weight is 582 g/mol. The molecule has 3 atom stereocenters. The van der Waals surface area contributed by atoms with Crippen molar-refractivity contribution in [3.8, 4) is 0 Å². The first-order chi connectivity index (χ1) is 17.6. The topological polar surface area (TPSA) is 105 Å². The van der Waals surface area contributed by atoms with Gasteiger partial charge in [0.05, 0.1) is 5.02 Å². The molecule has 1 aliphatic rings. The highest BCUT2D eigenvalue weighted by Crippen LogP contribution is 2.39. The molecule has 2 N–H and O–H groups in total. The first-order valence-corrected chi connectivity index (χ1v) is 12.9. The number of rotatable bonds is 8. The Balaban J connectivity index is 1.94. The molecule has 1 aliphatic heterocycles. The fourth-order valence-electron chi connectivity index (χ4n) is 3.99. The molecule has 2 unspecified atom stereocenters. The van der Waals surface area contributed by atoms with Gasteiger partial charge in [-0.1, -0.05) is 65.1 Å². The molecule has 2 aromatic carbocycles. The van der Waals surface area contributed by atoms with Crippen LogP contribution in [0.15, 0.2) is 65.4 Å².